The summed E-state index contributed by atoms with van der Waals surface area (Å²) in [4.78, 5) is 11.9. The highest BCUT2D eigenvalue weighted by molar-refractivity contribution is 5.66. The summed E-state index contributed by atoms with van der Waals surface area (Å²) in [6.45, 7) is 20.4. The highest BCUT2D eigenvalue weighted by Crippen LogP contribution is 2.77. The molecule has 0 bridgehead atoms. The average molecular weight is 497 g/mol. The lowest BCUT2D eigenvalue weighted by atomic mass is 9.33. The standard InChI is InChI=1S/C33H52O3/c1-20(2)22-11-16-33(27-19-35-27)18-17-31(7)23(28(22)33)9-10-25-30(6)14-13-26(36-21(3)34)29(4,5)24(30)12-15-32(25,31)8/h20,23-27H,9-19H2,1-8H3/t23-,24+,25-,26+,27?,30+,31-,32-,33-/m1/s1. The van der Waals surface area contributed by atoms with Crippen molar-refractivity contribution >= 4 is 5.97 Å². The topological polar surface area (TPSA) is 38.8 Å². The Morgan fingerprint density at radius 1 is 0.889 bits per heavy atom. The van der Waals surface area contributed by atoms with Gasteiger partial charge < -0.3 is 9.47 Å². The van der Waals surface area contributed by atoms with Crippen LogP contribution in [0.5, 0.6) is 0 Å². The van der Waals surface area contributed by atoms with Gasteiger partial charge in [-0.2, -0.15) is 0 Å². The summed E-state index contributed by atoms with van der Waals surface area (Å²) >= 11 is 0. The molecule has 4 saturated carbocycles. The van der Waals surface area contributed by atoms with E-state index in [1.807, 2.05) is 11.1 Å². The molecule has 0 radical (unpaired) electrons. The van der Waals surface area contributed by atoms with E-state index in [9.17, 15) is 4.79 Å². The fraction of sp³-hybridized carbons (Fsp3) is 0.909. The first-order valence-electron chi connectivity index (χ1n) is 15.3. The highest BCUT2D eigenvalue weighted by Gasteiger charge is 2.70. The van der Waals surface area contributed by atoms with Crippen molar-refractivity contribution in [3.8, 4) is 0 Å². The Labute approximate surface area is 220 Å². The predicted molar refractivity (Wildman–Crippen MR) is 144 cm³/mol. The molecule has 202 valence electrons. The zero-order chi connectivity index (χ0) is 25.9. The number of allylic oxidation sites excluding steroid dienone is 1. The van der Waals surface area contributed by atoms with Gasteiger partial charge in [0.1, 0.15) is 6.10 Å². The molecular weight excluding hydrogens is 444 g/mol. The molecule has 1 aliphatic heterocycles. The molecule has 6 rings (SSSR count). The molecule has 0 spiro atoms. The normalized spacial score (nSPS) is 51.2. The van der Waals surface area contributed by atoms with Crippen molar-refractivity contribution in [2.24, 2.45) is 50.7 Å². The van der Waals surface area contributed by atoms with Crippen LogP contribution < -0.4 is 0 Å². The Morgan fingerprint density at radius 3 is 2.25 bits per heavy atom. The van der Waals surface area contributed by atoms with E-state index >= 15 is 0 Å². The van der Waals surface area contributed by atoms with Crippen LogP contribution in [0.25, 0.3) is 0 Å². The maximum atomic E-state index is 11.9. The molecule has 0 amide bonds. The van der Waals surface area contributed by atoms with Gasteiger partial charge in [-0.3, -0.25) is 4.79 Å². The van der Waals surface area contributed by atoms with Gasteiger partial charge in [-0.05, 0) is 104 Å². The number of fused-ring (bicyclic) bond motifs is 7. The number of ether oxygens (including phenoxy) is 2. The van der Waals surface area contributed by atoms with Gasteiger partial charge in [-0.15, -0.1) is 0 Å². The van der Waals surface area contributed by atoms with Crippen molar-refractivity contribution in [1.29, 1.82) is 0 Å². The van der Waals surface area contributed by atoms with Crippen LogP contribution in [-0.4, -0.2) is 24.8 Å². The summed E-state index contributed by atoms with van der Waals surface area (Å²) in [7, 11) is 0. The smallest absolute Gasteiger partial charge is 0.302 e. The molecule has 6 aliphatic rings. The van der Waals surface area contributed by atoms with E-state index < -0.39 is 0 Å². The Kier molecular flexibility index (Phi) is 5.55. The lowest BCUT2D eigenvalue weighted by Crippen LogP contribution is -2.66. The molecule has 1 unspecified atom stereocenters. The first-order chi connectivity index (χ1) is 16.8. The maximum absolute atomic E-state index is 11.9. The van der Waals surface area contributed by atoms with E-state index in [0.717, 1.165) is 24.9 Å². The number of carbonyl (C=O) groups excluding carboxylic acids is 1. The SMILES string of the molecule is CC(=O)O[C@H]1CC[C@]2(C)[C@H]3CC[C@@H]4C5=C(C(C)C)CC[C@]5(C5CO5)CC[C@@]4(C)[C@]3(C)CC[C@H]2C1(C)C. The molecule has 0 aromatic carbocycles. The molecule has 5 fully saturated rings. The molecular formula is C33H52O3. The van der Waals surface area contributed by atoms with Crippen molar-refractivity contribution < 1.29 is 14.3 Å². The molecule has 5 aliphatic carbocycles. The zero-order valence-electron chi connectivity index (χ0n) is 24.5. The molecule has 1 saturated heterocycles. The fourth-order valence-electron chi connectivity index (χ4n) is 12.0. The molecule has 9 atom stereocenters. The second-order valence-corrected chi connectivity index (χ2v) is 15.6. The lowest BCUT2D eigenvalue weighted by molar-refractivity contribution is -0.233. The summed E-state index contributed by atoms with van der Waals surface area (Å²) in [6, 6.07) is 0. The van der Waals surface area contributed by atoms with E-state index in [-0.39, 0.29) is 17.5 Å². The van der Waals surface area contributed by atoms with Gasteiger partial charge in [0.2, 0.25) is 0 Å². The van der Waals surface area contributed by atoms with Crippen LogP contribution in [0.3, 0.4) is 0 Å². The molecule has 36 heavy (non-hydrogen) atoms. The predicted octanol–water partition coefficient (Wildman–Crippen LogP) is 8.12. The molecule has 0 N–H and O–H groups in total. The maximum Gasteiger partial charge on any atom is 0.302 e. The first kappa shape index (κ1) is 25.4. The second-order valence-electron chi connectivity index (χ2n) is 15.6. The third-order valence-corrected chi connectivity index (χ3v) is 13.9. The molecule has 0 aromatic rings. The molecule has 3 nitrogen and oxygen atoms in total. The van der Waals surface area contributed by atoms with Gasteiger partial charge in [-0.25, -0.2) is 0 Å². The monoisotopic (exact) mass is 496 g/mol. The summed E-state index contributed by atoms with van der Waals surface area (Å²) in [5.41, 5.74) is 5.20. The van der Waals surface area contributed by atoms with Crippen molar-refractivity contribution in [1.82, 2.24) is 0 Å². The molecule has 3 heteroatoms. The minimum Gasteiger partial charge on any atom is -0.462 e. The summed E-state index contributed by atoms with van der Waals surface area (Å²) in [5, 5.41) is 0. The summed E-state index contributed by atoms with van der Waals surface area (Å²) in [5.74, 6) is 2.68. The van der Waals surface area contributed by atoms with Gasteiger partial charge in [0.15, 0.2) is 0 Å². The van der Waals surface area contributed by atoms with Gasteiger partial charge >= 0.3 is 5.97 Å². The van der Waals surface area contributed by atoms with Crippen LogP contribution in [0.4, 0.5) is 0 Å². The minimum atomic E-state index is -0.110. The minimum absolute atomic E-state index is 0.0432. The van der Waals surface area contributed by atoms with E-state index in [2.05, 4.69) is 48.5 Å². The van der Waals surface area contributed by atoms with Crippen LogP contribution >= 0.6 is 0 Å². The third kappa shape index (κ3) is 3.10. The van der Waals surface area contributed by atoms with Crippen LogP contribution in [-0.2, 0) is 14.3 Å². The van der Waals surface area contributed by atoms with Crippen LogP contribution in [0, 0.1) is 50.7 Å². The molecule has 0 aromatic heterocycles. The second kappa shape index (κ2) is 7.86. The van der Waals surface area contributed by atoms with E-state index in [4.69, 9.17) is 9.47 Å². The van der Waals surface area contributed by atoms with Crippen LogP contribution in [0.1, 0.15) is 120 Å². The summed E-state index contributed by atoms with van der Waals surface area (Å²) < 4.78 is 12.0. The first-order valence-corrected chi connectivity index (χ1v) is 15.3. The van der Waals surface area contributed by atoms with E-state index in [0.29, 0.717) is 39.6 Å². The Bertz CT molecular complexity index is 973. The highest BCUT2D eigenvalue weighted by atomic mass is 16.6. The number of esters is 1. The Morgan fingerprint density at radius 2 is 1.61 bits per heavy atom. The van der Waals surface area contributed by atoms with E-state index in [1.54, 1.807) is 6.92 Å². The van der Waals surface area contributed by atoms with Crippen LogP contribution in [0.2, 0.25) is 0 Å². The van der Waals surface area contributed by atoms with Crippen molar-refractivity contribution in [3.05, 3.63) is 11.1 Å². The Hall–Kier alpha value is -0.830. The van der Waals surface area contributed by atoms with E-state index in [1.165, 1.54) is 57.8 Å². The Balaban J connectivity index is 1.38. The van der Waals surface area contributed by atoms with Crippen molar-refractivity contribution in [2.75, 3.05) is 6.61 Å². The molecule has 1 heterocycles. The third-order valence-electron chi connectivity index (χ3n) is 13.9. The quantitative estimate of drug-likeness (QED) is 0.225. The number of epoxide rings is 1. The van der Waals surface area contributed by atoms with Crippen LogP contribution in [0.15, 0.2) is 11.1 Å². The number of carbonyl (C=O) groups is 1. The number of hydrogen-bond acceptors (Lipinski definition) is 3. The average Bonchev–Trinajstić information content (AvgIpc) is 3.57. The van der Waals surface area contributed by atoms with Crippen molar-refractivity contribution in [3.63, 3.8) is 0 Å². The van der Waals surface area contributed by atoms with Gasteiger partial charge in [0.25, 0.3) is 0 Å². The van der Waals surface area contributed by atoms with Gasteiger partial charge in [0, 0.05) is 17.8 Å². The van der Waals surface area contributed by atoms with Gasteiger partial charge in [-0.1, -0.05) is 59.6 Å². The summed E-state index contributed by atoms with van der Waals surface area (Å²) in [6.07, 6.45) is 13.5. The lowest BCUT2D eigenvalue weighted by Gasteiger charge is -2.72. The largest absolute Gasteiger partial charge is 0.462 e. The van der Waals surface area contributed by atoms with Crippen molar-refractivity contribution in [2.45, 2.75) is 132 Å². The zero-order valence-corrected chi connectivity index (χ0v) is 24.5. The fourth-order valence-corrected chi connectivity index (χ4v) is 12.0. The van der Waals surface area contributed by atoms with Gasteiger partial charge in [0.05, 0.1) is 12.7 Å². The number of hydrogen-bond donors (Lipinski definition) is 0. The number of rotatable bonds is 3.